The maximum atomic E-state index is 6.17. The van der Waals surface area contributed by atoms with Gasteiger partial charge >= 0.3 is 0 Å². The van der Waals surface area contributed by atoms with Crippen molar-refractivity contribution in [2.24, 2.45) is 0 Å². The molecule has 0 fully saturated rings. The van der Waals surface area contributed by atoms with Crippen LogP contribution >= 0.6 is 0 Å². The van der Waals surface area contributed by atoms with Gasteiger partial charge in [0.1, 0.15) is 18.1 Å². The Hall–Kier alpha value is -4.26. The van der Waals surface area contributed by atoms with E-state index in [1.54, 1.807) is 7.11 Å². The van der Waals surface area contributed by atoms with E-state index in [0.29, 0.717) is 6.61 Å². The molecule has 0 amide bonds. The number of nitrogens with one attached hydrogen (secondary N) is 2. The number of hydrogen-bond acceptors (Lipinski definition) is 6. The molecule has 0 atom stereocenters. The lowest BCUT2D eigenvalue weighted by atomic mass is 10.0. The van der Waals surface area contributed by atoms with Crippen LogP contribution in [0.5, 0.6) is 11.5 Å². The van der Waals surface area contributed by atoms with Gasteiger partial charge in [-0.15, -0.1) is 0 Å². The summed E-state index contributed by atoms with van der Waals surface area (Å²) < 4.78 is 11.6. The van der Waals surface area contributed by atoms with E-state index in [2.05, 4.69) is 75.6 Å². The monoisotopic (exact) mass is 479 g/mol. The Morgan fingerprint density at radius 3 is 2.72 bits per heavy atom. The molecule has 182 valence electrons. The first-order chi connectivity index (χ1) is 17.6. The van der Waals surface area contributed by atoms with Gasteiger partial charge in [-0.1, -0.05) is 12.1 Å². The molecule has 7 nitrogen and oxygen atoms in total. The number of imidazole rings is 1. The van der Waals surface area contributed by atoms with Crippen LogP contribution in [0.15, 0.2) is 60.7 Å². The SMILES string of the molecule is CCNc1nc2ccc(-c3ccc4c(c3)CN(c3cc(C)nc5cc(OC)ccc35)CCO4)cc2[nH]1. The maximum absolute atomic E-state index is 6.17. The molecule has 0 unspecified atom stereocenters. The van der Waals surface area contributed by atoms with Crippen molar-refractivity contribution in [3.8, 4) is 22.6 Å². The predicted molar refractivity (Wildman–Crippen MR) is 145 cm³/mol. The van der Waals surface area contributed by atoms with Crippen molar-refractivity contribution in [2.75, 3.05) is 37.0 Å². The van der Waals surface area contributed by atoms with Gasteiger partial charge in [0.25, 0.3) is 0 Å². The molecule has 3 aromatic carbocycles. The van der Waals surface area contributed by atoms with Crippen LogP contribution in [-0.4, -0.2) is 41.8 Å². The Morgan fingerprint density at radius 1 is 1.00 bits per heavy atom. The number of methoxy groups -OCH3 is 1. The van der Waals surface area contributed by atoms with E-state index in [0.717, 1.165) is 81.5 Å². The maximum Gasteiger partial charge on any atom is 0.201 e. The van der Waals surface area contributed by atoms with Crippen molar-refractivity contribution >= 4 is 33.6 Å². The van der Waals surface area contributed by atoms with Crippen molar-refractivity contribution in [2.45, 2.75) is 20.4 Å². The molecule has 5 aromatic rings. The van der Waals surface area contributed by atoms with Crippen LogP contribution in [-0.2, 0) is 6.54 Å². The number of ether oxygens (including phenoxy) is 2. The third kappa shape index (κ3) is 4.06. The molecule has 36 heavy (non-hydrogen) atoms. The van der Waals surface area contributed by atoms with Crippen molar-refractivity contribution in [1.29, 1.82) is 0 Å². The molecule has 0 saturated heterocycles. The van der Waals surface area contributed by atoms with Gasteiger partial charge in [-0.2, -0.15) is 0 Å². The van der Waals surface area contributed by atoms with Crippen LogP contribution in [0.1, 0.15) is 18.2 Å². The zero-order valence-electron chi connectivity index (χ0n) is 20.8. The van der Waals surface area contributed by atoms with Gasteiger partial charge in [0, 0.05) is 41.5 Å². The molecule has 3 heterocycles. The molecular weight excluding hydrogens is 450 g/mol. The number of aryl methyl sites for hydroxylation is 1. The summed E-state index contributed by atoms with van der Waals surface area (Å²) in [6.45, 7) is 7.10. The average Bonchev–Trinajstić information content (AvgIpc) is 3.17. The number of benzene rings is 3. The minimum atomic E-state index is 0.624. The number of fused-ring (bicyclic) bond motifs is 3. The summed E-state index contributed by atoms with van der Waals surface area (Å²) in [7, 11) is 1.68. The molecule has 0 spiro atoms. The van der Waals surface area contributed by atoms with E-state index in [1.807, 2.05) is 19.1 Å². The van der Waals surface area contributed by atoms with Crippen LogP contribution in [0.2, 0.25) is 0 Å². The Morgan fingerprint density at radius 2 is 1.86 bits per heavy atom. The summed E-state index contributed by atoms with van der Waals surface area (Å²) in [6, 6.07) is 21.1. The van der Waals surface area contributed by atoms with E-state index in [9.17, 15) is 0 Å². The lowest BCUT2D eigenvalue weighted by molar-refractivity contribution is 0.332. The molecule has 6 rings (SSSR count). The zero-order valence-corrected chi connectivity index (χ0v) is 20.8. The first-order valence-electron chi connectivity index (χ1n) is 12.3. The Bertz CT molecular complexity index is 1580. The highest BCUT2D eigenvalue weighted by molar-refractivity contribution is 5.93. The number of aromatic nitrogens is 3. The highest BCUT2D eigenvalue weighted by Crippen LogP contribution is 2.35. The molecule has 1 aliphatic rings. The number of pyridine rings is 1. The smallest absolute Gasteiger partial charge is 0.201 e. The topological polar surface area (TPSA) is 75.3 Å². The van der Waals surface area contributed by atoms with Gasteiger partial charge in [-0.25, -0.2) is 4.98 Å². The van der Waals surface area contributed by atoms with Crippen molar-refractivity contribution in [3.63, 3.8) is 0 Å². The van der Waals surface area contributed by atoms with Gasteiger partial charge < -0.3 is 24.7 Å². The third-order valence-corrected chi connectivity index (χ3v) is 6.66. The van der Waals surface area contributed by atoms with Crippen LogP contribution in [0.3, 0.4) is 0 Å². The highest BCUT2D eigenvalue weighted by Gasteiger charge is 2.19. The van der Waals surface area contributed by atoms with E-state index in [1.165, 1.54) is 5.56 Å². The standard InChI is InChI=1S/C29H29N5O2/c1-4-30-29-32-24-9-5-20(15-26(24)33-29)19-6-10-28-21(14-19)17-34(11-12-36-28)27-13-18(2)31-25-16-22(35-3)7-8-23(25)27/h5-10,13-16H,4,11-12,17H2,1-3H3,(H2,30,32,33). The fourth-order valence-corrected chi connectivity index (χ4v) is 4.93. The first-order valence-corrected chi connectivity index (χ1v) is 12.3. The molecule has 0 bridgehead atoms. The van der Waals surface area contributed by atoms with Gasteiger partial charge in [-0.3, -0.25) is 4.98 Å². The fourth-order valence-electron chi connectivity index (χ4n) is 4.93. The van der Waals surface area contributed by atoms with Gasteiger partial charge in [0.2, 0.25) is 5.95 Å². The minimum absolute atomic E-state index is 0.624. The molecule has 7 heteroatoms. The summed E-state index contributed by atoms with van der Waals surface area (Å²) in [5.74, 6) is 2.55. The molecular formula is C29H29N5O2. The van der Waals surface area contributed by atoms with E-state index >= 15 is 0 Å². The lowest BCUT2D eigenvalue weighted by Crippen LogP contribution is -2.25. The normalized spacial score (nSPS) is 13.4. The quantitative estimate of drug-likeness (QED) is 0.326. The zero-order chi connectivity index (χ0) is 24.6. The van der Waals surface area contributed by atoms with E-state index in [-0.39, 0.29) is 0 Å². The third-order valence-electron chi connectivity index (χ3n) is 6.66. The fraction of sp³-hybridized carbons (Fsp3) is 0.241. The number of anilines is 2. The summed E-state index contributed by atoms with van der Waals surface area (Å²) in [4.78, 5) is 15.1. The van der Waals surface area contributed by atoms with E-state index < -0.39 is 0 Å². The molecule has 1 aliphatic heterocycles. The largest absolute Gasteiger partial charge is 0.497 e. The number of H-pyrrole nitrogens is 1. The molecule has 0 aliphatic carbocycles. The summed E-state index contributed by atoms with van der Waals surface area (Å²) in [5, 5.41) is 4.36. The summed E-state index contributed by atoms with van der Waals surface area (Å²) in [5.41, 5.74) is 8.52. The first kappa shape index (κ1) is 22.2. The van der Waals surface area contributed by atoms with Gasteiger partial charge in [0.05, 0.1) is 30.2 Å². The van der Waals surface area contributed by atoms with Crippen LogP contribution < -0.4 is 19.7 Å². The Balaban J connectivity index is 1.36. The lowest BCUT2D eigenvalue weighted by Gasteiger charge is -2.24. The van der Waals surface area contributed by atoms with Crippen molar-refractivity contribution < 1.29 is 9.47 Å². The van der Waals surface area contributed by atoms with Crippen LogP contribution in [0.25, 0.3) is 33.1 Å². The molecule has 0 radical (unpaired) electrons. The predicted octanol–water partition coefficient (Wildman–Crippen LogP) is 5.93. The second kappa shape index (κ2) is 9.07. The summed E-state index contributed by atoms with van der Waals surface area (Å²) >= 11 is 0. The average molecular weight is 480 g/mol. The number of rotatable bonds is 5. The Labute approximate surface area is 210 Å². The highest BCUT2D eigenvalue weighted by atomic mass is 16.5. The summed E-state index contributed by atoms with van der Waals surface area (Å²) in [6.07, 6.45) is 0. The second-order valence-electron chi connectivity index (χ2n) is 9.11. The second-order valence-corrected chi connectivity index (χ2v) is 9.11. The molecule has 0 saturated carbocycles. The Kier molecular flexibility index (Phi) is 5.60. The van der Waals surface area contributed by atoms with Crippen molar-refractivity contribution in [1.82, 2.24) is 15.0 Å². The van der Waals surface area contributed by atoms with E-state index in [4.69, 9.17) is 14.5 Å². The van der Waals surface area contributed by atoms with Gasteiger partial charge in [0.15, 0.2) is 0 Å². The molecule has 2 aromatic heterocycles. The number of aromatic amines is 1. The van der Waals surface area contributed by atoms with Crippen molar-refractivity contribution in [3.05, 3.63) is 71.9 Å². The number of hydrogen-bond donors (Lipinski definition) is 2. The number of nitrogens with zero attached hydrogens (tertiary/aromatic N) is 3. The van der Waals surface area contributed by atoms with Gasteiger partial charge in [-0.05, 0) is 67.4 Å². The molecule has 2 N–H and O–H groups in total. The van der Waals surface area contributed by atoms with Crippen LogP contribution in [0.4, 0.5) is 11.6 Å². The van der Waals surface area contributed by atoms with Crippen LogP contribution in [0, 0.1) is 6.92 Å². The minimum Gasteiger partial charge on any atom is -0.497 e.